The Kier molecular flexibility index (Phi) is 8.53. The van der Waals surface area contributed by atoms with Crippen molar-refractivity contribution in [2.75, 3.05) is 45.7 Å². The van der Waals surface area contributed by atoms with E-state index < -0.39 is 0 Å². The summed E-state index contributed by atoms with van der Waals surface area (Å²) in [4.78, 5) is 17.7. The van der Waals surface area contributed by atoms with Crippen LogP contribution in [0, 0.1) is 0 Å². The molecule has 0 saturated carbocycles. The van der Waals surface area contributed by atoms with Crippen molar-refractivity contribution in [1.29, 1.82) is 0 Å². The molecule has 1 aliphatic rings. The Morgan fingerprint density at radius 3 is 2.41 bits per heavy atom. The maximum atomic E-state index is 13.0. The first-order valence-corrected chi connectivity index (χ1v) is 11.5. The van der Waals surface area contributed by atoms with E-state index >= 15 is 0 Å². The minimum Gasteiger partial charge on any atom is -0.497 e. The lowest BCUT2D eigenvalue weighted by Gasteiger charge is -2.37. The summed E-state index contributed by atoms with van der Waals surface area (Å²) in [5.41, 5.74) is 3.25. The number of carbonyl (C=O) groups excluding carboxylic acids is 1. The number of hydrogen-bond acceptors (Lipinski definition) is 5. The lowest BCUT2D eigenvalue weighted by molar-refractivity contribution is -0.121. The number of carbonyl (C=O) groups is 1. The maximum Gasteiger partial charge on any atom is 0.241 e. The topological polar surface area (TPSA) is 54.0 Å². The third-order valence-electron chi connectivity index (χ3n) is 6.58. The van der Waals surface area contributed by atoms with Gasteiger partial charge < -0.3 is 14.8 Å². The van der Waals surface area contributed by atoms with Gasteiger partial charge in [0.1, 0.15) is 11.5 Å². The molecule has 2 aromatic carbocycles. The van der Waals surface area contributed by atoms with Crippen molar-refractivity contribution >= 4 is 11.6 Å². The summed E-state index contributed by atoms with van der Waals surface area (Å²) in [5, 5.41) is 3.18. The Balaban J connectivity index is 1.57. The third kappa shape index (κ3) is 5.81. The van der Waals surface area contributed by atoms with Crippen molar-refractivity contribution in [2.45, 2.75) is 45.7 Å². The molecular weight excluding hydrogens is 402 g/mol. The first-order valence-electron chi connectivity index (χ1n) is 11.5. The van der Waals surface area contributed by atoms with E-state index in [4.69, 9.17) is 9.47 Å². The molecule has 1 N–H and O–H groups in total. The normalized spacial score (nSPS) is 16.9. The Hall–Kier alpha value is -2.57. The smallest absolute Gasteiger partial charge is 0.241 e. The first kappa shape index (κ1) is 24.1. The largest absolute Gasteiger partial charge is 0.497 e. The van der Waals surface area contributed by atoms with Gasteiger partial charge in [-0.3, -0.25) is 14.6 Å². The zero-order valence-electron chi connectivity index (χ0n) is 20.1. The molecule has 174 valence electrons. The van der Waals surface area contributed by atoms with Crippen LogP contribution in [-0.2, 0) is 11.3 Å². The van der Waals surface area contributed by atoms with Crippen LogP contribution in [0.5, 0.6) is 11.5 Å². The second-order valence-electron chi connectivity index (χ2n) is 8.55. The van der Waals surface area contributed by atoms with Gasteiger partial charge in [0.15, 0.2) is 0 Å². The van der Waals surface area contributed by atoms with Gasteiger partial charge in [0.2, 0.25) is 5.91 Å². The van der Waals surface area contributed by atoms with E-state index in [0.717, 1.165) is 61.9 Å². The minimum atomic E-state index is -0.173. The van der Waals surface area contributed by atoms with Crippen LogP contribution in [0.25, 0.3) is 0 Å². The molecule has 0 spiro atoms. The lowest BCUT2D eigenvalue weighted by atomic mass is 9.97. The van der Waals surface area contributed by atoms with Gasteiger partial charge in [0, 0.05) is 44.0 Å². The molecule has 0 unspecified atom stereocenters. The summed E-state index contributed by atoms with van der Waals surface area (Å²) >= 11 is 0. The van der Waals surface area contributed by atoms with E-state index in [0.29, 0.717) is 5.92 Å². The van der Waals surface area contributed by atoms with Crippen LogP contribution in [0.2, 0.25) is 0 Å². The van der Waals surface area contributed by atoms with Crippen LogP contribution >= 0.6 is 0 Å². The van der Waals surface area contributed by atoms with Crippen LogP contribution in [0.15, 0.2) is 42.5 Å². The van der Waals surface area contributed by atoms with Crippen molar-refractivity contribution < 1.29 is 14.3 Å². The van der Waals surface area contributed by atoms with Crippen molar-refractivity contribution in [3.05, 3.63) is 53.6 Å². The average Bonchev–Trinajstić information content (AvgIpc) is 2.83. The fourth-order valence-electron chi connectivity index (χ4n) is 4.22. The fourth-order valence-corrected chi connectivity index (χ4v) is 4.22. The number of benzene rings is 2. The predicted octanol–water partition coefficient (Wildman–Crippen LogP) is 4.36. The van der Waals surface area contributed by atoms with Crippen molar-refractivity contribution in [3.63, 3.8) is 0 Å². The Labute approximate surface area is 192 Å². The molecule has 1 aliphatic heterocycles. The summed E-state index contributed by atoms with van der Waals surface area (Å²) in [6, 6.07) is 13.9. The molecule has 1 amide bonds. The van der Waals surface area contributed by atoms with Crippen LogP contribution in [0.1, 0.15) is 44.2 Å². The highest BCUT2D eigenvalue weighted by Crippen LogP contribution is 2.28. The van der Waals surface area contributed by atoms with E-state index in [1.165, 1.54) is 5.56 Å². The van der Waals surface area contributed by atoms with E-state index in [1.807, 2.05) is 43.3 Å². The van der Waals surface area contributed by atoms with Crippen LogP contribution in [0.3, 0.4) is 0 Å². The molecule has 0 aromatic heterocycles. The monoisotopic (exact) mass is 439 g/mol. The van der Waals surface area contributed by atoms with Crippen LogP contribution in [0.4, 0.5) is 5.69 Å². The Morgan fingerprint density at radius 2 is 1.75 bits per heavy atom. The number of para-hydroxylation sites is 1. The summed E-state index contributed by atoms with van der Waals surface area (Å²) < 4.78 is 10.9. The molecule has 3 rings (SSSR count). The van der Waals surface area contributed by atoms with Gasteiger partial charge in [-0.25, -0.2) is 0 Å². The molecule has 2 atom stereocenters. The SMILES string of the molecule is CC[C@@H](C)c1ccccc1NC(=O)[C@@H](C)N1CCN(Cc2cc(OC)ccc2OC)CC1. The van der Waals surface area contributed by atoms with Gasteiger partial charge in [0.25, 0.3) is 0 Å². The van der Waals surface area contributed by atoms with E-state index in [2.05, 4.69) is 35.0 Å². The standard InChI is InChI=1S/C26H37N3O3/c1-6-19(2)23-9-7-8-10-24(23)27-26(30)20(3)29-15-13-28(14-16-29)18-21-17-22(31-4)11-12-25(21)32-5/h7-12,17,19-20H,6,13-16,18H2,1-5H3,(H,27,30)/t19-,20-/m1/s1. The second kappa shape index (κ2) is 11.3. The molecule has 0 bridgehead atoms. The molecule has 0 radical (unpaired) electrons. The number of methoxy groups -OCH3 is 2. The highest BCUT2D eigenvalue weighted by Gasteiger charge is 2.26. The molecule has 6 nitrogen and oxygen atoms in total. The minimum absolute atomic E-state index is 0.0590. The molecule has 2 aromatic rings. The highest BCUT2D eigenvalue weighted by molar-refractivity contribution is 5.95. The fraction of sp³-hybridized carbons (Fsp3) is 0.500. The number of amides is 1. The second-order valence-corrected chi connectivity index (χ2v) is 8.55. The van der Waals surface area contributed by atoms with E-state index in [9.17, 15) is 4.79 Å². The summed E-state index contributed by atoms with van der Waals surface area (Å²) in [5.74, 6) is 2.19. The number of rotatable bonds is 9. The van der Waals surface area contributed by atoms with E-state index in [-0.39, 0.29) is 11.9 Å². The Morgan fingerprint density at radius 1 is 1.03 bits per heavy atom. The van der Waals surface area contributed by atoms with E-state index in [1.54, 1.807) is 14.2 Å². The number of piperazine rings is 1. The average molecular weight is 440 g/mol. The number of nitrogens with one attached hydrogen (secondary N) is 1. The highest BCUT2D eigenvalue weighted by atomic mass is 16.5. The van der Waals surface area contributed by atoms with Crippen molar-refractivity contribution in [3.8, 4) is 11.5 Å². The summed E-state index contributed by atoms with van der Waals surface area (Å²) in [6.07, 6.45) is 1.04. The van der Waals surface area contributed by atoms with Gasteiger partial charge in [-0.15, -0.1) is 0 Å². The first-order chi connectivity index (χ1) is 15.5. The van der Waals surface area contributed by atoms with Crippen LogP contribution in [-0.4, -0.2) is 62.1 Å². The maximum absolute atomic E-state index is 13.0. The van der Waals surface area contributed by atoms with Crippen LogP contribution < -0.4 is 14.8 Å². The molecule has 0 aliphatic carbocycles. The molecular formula is C26H37N3O3. The lowest BCUT2D eigenvalue weighted by Crippen LogP contribution is -2.52. The molecule has 6 heteroatoms. The molecule has 1 fully saturated rings. The third-order valence-corrected chi connectivity index (χ3v) is 6.58. The zero-order valence-corrected chi connectivity index (χ0v) is 20.1. The Bertz CT molecular complexity index is 894. The zero-order chi connectivity index (χ0) is 23.1. The van der Waals surface area contributed by atoms with Crippen molar-refractivity contribution in [1.82, 2.24) is 9.80 Å². The number of nitrogens with zero attached hydrogens (tertiary/aromatic N) is 2. The number of hydrogen-bond donors (Lipinski definition) is 1. The summed E-state index contributed by atoms with van der Waals surface area (Å²) in [7, 11) is 3.38. The molecule has 1 saturated heterocycles. The number of anilines is 1. The van der Waals surface area contributed by atoms with Gasteiger partial charge in [-0.05, 0) is 49.1 Å². The van der Waals surface area contributed by atoms with Gasteiger partial charge >= 0.3 is 0 Å². The quantitative estimate of drug-likeness (QED) is 0.629. The molecule has 32 heavy (non-hydrogen) atoms. The van der Waals surface area contributed by atoms with Crippen molar-refractivity contribution in [2.24, 2.45) is 0 Å². The number of ether oxygens (including phenoxy) is 2. The molecule has 1 heterocycles. The van der Waals surface area contributed by atoms with Gasteiger partial charge in [-0.2, -0.15) is 0 Å². The van der Waals surface area contributed by atoms with Gasteiger partial charge in [-0.1, -0.05) is 32.0 Å². The predicted molar refractivity (Wildman–Crippen MR) is 130 cm³/mol. The summed E-state index contributed by atoms with van der Waals surface area (Å²) in [6.45, 7) is 10.7. The van der Waals surface area contributed by atoms with Gasteiger partial charge in [0.05, 0.1) is 20.3 Å².